The number of rotatable bonds is 4. The molecule has 0 saturated carbocycles. The van der Waals surface area contributed by atoms with E-state index in [1.54, 1.807) is 7.05 Å². The predicted molar refractivity (Wildman–Crippen MR) is 99.6 cm³/mol. The molecule has 1 aliphatic rings. The lowest BCUT2D eigenvalue weighted by Crippen LogP contribution is -2.56. The third-order valence-corrected chi connectivity index (χ3v) is 4.75. The summed E-state index contributed by atoms with van der Waals surface area (Å²) in [5, 5.41) is 3.30. The Morgan fingerprint density at radius 1 is 1.15 bits per heavy atom. The lowest BCUT2D eigenvalue weighted by molar-refractivity contribution is -0.181. The van der Waals surface area contributed by atoms with Crippen LogP contribution < -0.4 is 10.2 Å². The molecule has 1 N–H and O–H groups in total. The van der Waals surface area contributed by atoms with E-state index in [2.05, 4.69) is 34.6 Å². The molecule has 0 aliphatic carbocycles. The predicted octanol–water partition coefficient (Wildman–Crippen LogP) is 2.40. The Hall–Kier alpha value is -1.96. The van der Waals surface area contributed by atoms with Crippen LogP contribution in [0.15, 0.2) is 29.3 Å². The highest BCUT2D eigenvalue weighted by atomic mass is 19.4. The molecule has 1 aliphatic heterocycles. The number of nitrogens with one attached hydrogen (secondary N) is 1. The van der Waals surface area contributed by atoms with Crippen LogP contribution in [-0.4, -0.2) is 75.3 Å². The minimum atomic E-state index is -4.18. The van der Waals surface area contributed by atoms with E-state index in [1.165, 1.54) is 11.8 Å². The van der Waals surface area contributed by atoms with Gasteiger partial charge in [0.05, 0.1) is 0 Å². The van der Waals surface area contributed by atoms with Gasteiger partial charge < -0.3 is 15.1 Å². The zero-order chi connectivity index (χ0) is 19.3. The zero-order valence-corrected chi connectivity index (χ0v) is 15.8. The largest absolute Gasteiger partial charge is 0.403 e. The van der Waals surface area contributed by atoms with Gasteiger partial charge in [0.25, 0.3) is 0 Å². The fraction of sp³-hybridized carbons (Fsp3) is 0.611. The first-order chi connectivity index (χ1) is 12.2. The van der Waals surface area contributed by atoms with Crippen LogP contribution in [0.1, 0.15) is 12.5 Å². The second kappa shape index (κ2) is 8.62. The van der Waals surface area contributed by atoms with E-state index in [1.807, 2.05) is 23.9 Å². The highest BCUT2D eigenvalue weighted by Gasteiger charge is 2.41. The Kier molecular flexibility index (Phi) is 6.75. The van der Waals surface area contributed by atoms with Gasteiger partial charge in [0.1, 0.15) is 6.04 Å². The summed E-state index contributed by atoms with van der Waals surface area (Å²) in [6.45, 7) is 3.65. The van der Waals surface area contributed by atoms with Crippen LogP contribution in [0.25, 0.3) is 0 Å². The number of alkyl halides is 3. The molecule has 0 radical (unpaired) electrons. The Morgan fingerprint density at radius 3 is 2.19 bits per heavy atom. The van der Waals surface area contributed by atoms with Gasteiger partial charge in [0.2, 0.25) is 0 Å². The summed E-state index contributed by atoms with van der Waals surface area (Å²) in [5.41, 5.74) is 2.26. The molecule has 1 heterocycles. The summed E-state index contributed by atoms with van der Waals surface area (Å²) in [7, 11) is 5.69. The van der Waals surface area contributed by atoms with Crippen LogP contribution in [0.2, 0.25) is 0 Å². The average Bonchev–Trinajstić information content (AvgIpc) is 2.61. The van der Waals surface area contributed by atoms with Crippen molar-refractivity contribution in [2.24, 2.45) is 4.99 Å². The number of piperazine rings is 1. The van der Waals surface area contributed by atoms with Crippen molar-refractivity contribution < 1.29 is 13.2 Å². The molecule has 0 bridgehead atoms. The summed E-state index contributed by atoms with van der Waals surface area (Å²) in [4.78, 5) is 9.80. The van der Waals surface area contributed by atoms with Crippen molar-refractivity contribution in [2.45, 2.75) is 25.7 Å². The van der Waals surface area contributed by atoms with Crippen molar-refractivity contribution in [3.63, 3.8) is 0 Å². The minimum Gasteiger partial charge on any atom is -0.378 e. The highest BCUT2D eigenvalue weighted by molar-refractivity contribution is 5.80. The zero-order valence-electron chi connectivity index (χ0n) is 15.8. The number of nitrogens with zero attached hydrogens (tertiary/aromatic N) is 4. The van der Waals surface area contributed by atoms with Crippen molar-refractivity contribution in [2.75, 3.05) is 52.2 Å². The lowest BCUT2D eigenvalue weighted by atomic mass is 10.2. The number of guanidine groups is 1. The standard InChI is InChI=1S/C18H28F3N5/c1-14(18(19,20)21)25-9-11-26(12-10-25)17(22-2)23-13-15-5-7-16(8-6-15)24(3)4/h5-8,14H,9-13H2,1-4H3,(H,22,23). The molecule has 26 heavy (non-hydrogen) atoms. The van der Waals surface area contributed by atoms with E-state index in [4.69, 9.17) is 0 Å². The summed E-state index contributed by atoms with van der Waals surface area (Å²) >= 11 is 0. The molecular formula is C18H28F3N5. The molecule has 1 aromatic rings. The number of hydrogen-bond donors (Lipinski definition) is 1. The highest BCUT2D eigenvalue weighted by Crippen LogP contribution is 2.25. The monoisotopic (exact) mass is 371 g/mol. The van der Waals surface area contributed by atoms with Crippen LogP contribution in [0.5, 0.6) is 0 Å². The summed E-state index contributed by atoms with van der Waals surface area (Å²) < 4.78 is 38.5. The SMILES string of the molecule is CN=C(NCc1ccc(N(C)C)cc1)N1CCN(C(C)C(F)(F)F)CC1. The third-order valence-electron chi connectivity index (χ3n) is 4.75. The summed E-state index contributed by atoms with van der Waals surface area (Å²) in [5.74, 6) is 0.723. The molecule has 1 fully saturated rings. The first-order valence-electron chi connectivity index (χ1n) is 8.75. The van der Waals surface area contributed by atoms with E-state index < -0.39 is 12.2 Å². The maximum Gasteiger partial charge on any atom is 0.403 e. The molecule has 8 heteroatoms. The third kappa shape index (κ3) is 5.27. The van der Waals surface area contributed by atoms with Gasteiger partial charge in [-0.1, -0.05) is 12.1 Å². The first kappa shape index (κ1) is 20.4. The van der Waals surface area contributed by atoms with Gasteiger partial charge >= 0.3 is 6.18 Å². The van der Waals surface area contributed by atoms with Gasteiger partial charge in [-0.05, 0) is 24.6 Å². The number of halogens is 3. The van der Waals surface area contributed by atoms with Crippen molar-refractivity contribution in [1.82, 2.24) is 15.1 Å². The second-order valence-corrected chi connectivity index (χ2v) is 6.70. The minimum absolute atomic E-state index is 0.374. The van der Waals surface area contributed by atoms with Crippen LogP contribution in [0, 0.1) is 0 Å². The van der Waals surface area contributed by atoms with Gasteiger partial charge in [-0.15, -0.1) is 0 Å². The second-order valence-electron chi connectivity index (χ2n) is 6.70. The number of aliphatic imine (C=N–C) groups is 1. The Balaban J connectivity index is 1.86. The van der Waals surface area contributed by atoms with Crippen LogP contribution >= 0.6 is 0 Å². The average molecular weight is 371 g/mol. The molecule has 0 amide bonds. The maximum absolute atomic E-state index is 12.8. The van der Waals surface area contributed by atoms with Crippen molar-refractivity contribution in [3.8, 4) is 0 Å². The molecule has 1 atom stereocenters. The molecule has 1 aromatic carbocycles. The van der Waals surface area contributed by atoms with Gasteiger partial charge in [-0.25, -0.2) is 0 Å². The Morgan fingerprint density at radius 2 is 1.73 bits per heavy atom. The molecule has 0 spiro atoms. The molecule has 1 saturated heterocycles. The van der Waals surface area contributed by atoms with E-state index in [9.17, 15) is 13.2 Å². The molecule has 2 rings (SSSR count). The van der Waals surface area contributed by atoms with Crippen molar-refractivity contribution >= 4 is 11.6 Å². The van der Waals surface area contributed by atoms with Crippen molar-refractivity contribution in [3.05, 3.63) is 29.8 Å². The summed E-state index contributed by atoms with van der Waals surface area (Å²) in [6, 6.07) is 6.81. The van der Waals surface area contributed by atoms with Crippen LogP contribution in [0.3, 0.4) is 0 Å². The topological polar surface area (TPSA) is 34.1 Å². The Labute approximate surface area is 153 Å². The van der Waals surface area contributed by atoms with Gasteiger partial charge in [-0.2, -0.15) is 13.2 Å². The first-order valence-corrected chi connectivity index (χ1v) is 8.75. The lowest BCUT2D eigenvalue weighted by Gasteiger charge is -2.39. The van der Waals surface area contributed by atoms with Gasteiger partial charge in [0.15, 0.2) is 5.96 Å². The van der Waals surface area contributed by atoms with Crippen LogP contribution in [0.4, 0.5) is 18.9 Å². The number of anilines is 1. The van der Waals surface area contributed by atoms with E-state index >= 15 is 0 Å². The van der Waals surface area contributed by atoms with E-state index in [0.717, 1.165) is 17.2 Å². The number of benzene rings is 1. The van der Waals surface area contributed by atoms with Crippen LogP contribution in [-0.2, 0) is 6.54 Å². The normalized spacial score (nSPS) is 18.0. The molecule has 0 aromatic heterocycles. The smallest absolute Gasteiger partial charge is 0.378 e. The molecular weight excluding hydrogens is 343 g/mol. The fourth-order valence-electron chi connectivity index (χ4n) is 2.95. The molecule has 1 unspecified atom stereocenters. The van der Waals surface area contributed by atoms with Crippen molar-refractivity contribution in [1.29, 1.82) is 0 Å². The summed E-state index contributed by atoms with van der Waals surface area (Å²) in [6.07, 6.45) is -4.18. The van der Waals surface area contributed by atoms with Gasteiger partial charge in [0, 0.05) is 59.6 Å². The van der Waals surface area contributed by atoms with Gasteiger partial charge in [-0.3, -0.25) is 9.89 Å². The van der Waals surface area contributed by atoms with E-state index in [-0.39, 0.29) is 0 Å². The fourth-order valence-corrected chi connectivity index (χ4v) is 2.95. The molecule has 146 valence electrons. The molecule has 5 nitrogen and oxygen atoms in total. The maximum atomic E-state index is 12.8. The number of hydrogen-bond acceptors (Lipinski definition) is 3. The quantitative estimate of drug-likeness (QED) is 0.651. The Bertz CT molecular complexity index is 590. The van der Waals surface area contributed by atoms with E-state index in [0.29, 0.717) is 32.7 Å².